The topological polar surface area (TPSA) is 75.6 Å². The third kappa shape index (κ3) is 3.46. The first-order valence-electron chi connectivity index (χ1n) is 6.47. The predicted molar refractivity (Wildman–Crippen MR) is 68.8 cm³/mol. The van der Waals surface area contributed by atoms with Crippen molar-refractivity contribution in [3.05, 3.63) is 30.1 Å². The van der Waals surface area contributed by atoms with Crippen molar-refractivity contribution < 1.29 is 23.8 Å². The van der Waals surface area contributed by atoms with Gasteiger partial charge >= 0.3 is 5.97 Å². The Kier molecular flexibility index (Phi) is 4.55. The van der Waals surface area contributed by atoms with Crippen LogP contribution in [0.3, 0.4) is 0 Å². The van der Waals surface area contributed by atoms with Crippen LogP contribution in [0.4, 0.5) is 4.39 Å². The third-order valence-corrected chi connectivity index (χ3v) is 3.39. The Morgan fingerprint density at radius 1 is 1.35 bits per heavy atom. The largest absolute Gasteiger partial charge is 0.492 e. The van der Waals surface area contributed by atoms with Crippen molar-refractivity contribution in [2.75, 3.05) is 13.2 Å². The van der Waals surface area contributed by atoms with Crippen molar-refractivity contribution in [1.29, 1.82) is 0 Å². The maximum atomic E-state index is 12.9. The number of amides is 1. The maximum absolute atomic E-state index is 12.9. The van der Waals surface area contributed by atoms with Crippen molar-refractivity contribution in [3.8, 4) is 5.75 Å². The molecule has 1 aromatic rings. The lowest BCUT2D eigenvalue weighted by atomic mass is 9.73. The maximum Gasteiger partial charge on any atom is 0.307 e. The summed E-state index contributed by atoms with van der Waals surface area (Å²) in [4.78, 5) is 22.5. The average Bonchev–Trinajstić information content (AvgIpc) is 2.32. The SMILES string of the molecule is O=C(O)C1CCC1C(=O)NCCOc1cccc(F)c1. The van der Waals surface area contributed by atoms with Gasteiger partial charge in [-0.2, -0.15) is 0 Å². The molecule has 0 radical (unpaired) electrons. The number of carboxylic acid groups (broad SMARTS) is 1. The van der Waals surface area contributed by atoms with Crippen molar-refractivity contribution in [1.82, 2.24) is 5.32 Å². The second kappa shape index (κ2) is 6.36. The summed E-state index contributed by atoms with van der Waals surface area (Å²) in [5.41, 5.74) is 0. The molecule has 1 aliphatic carbocycles. The number of nitrogens with one attached hydrogen (secondary N) is 1. The number of aliphatic carboxylic acids is 1. The Labute approximate surface area is 115 Å². The van der Waals surface area contributed by atoms with Gasteiger partial charge in [0.25, 0.3) is 0 Å². The van der Waals surface area contributed by atoms with Crippen LogP contribution in [0.15, 0.2) is 24.3 Å². The third-order valence-electron chi connectivity index (χ3n) is 3.39. The molecule has 2 N–H and O–H groups in total. The van der Waals surface area contributed by atoms with Crippen molar-refractivity contribution in [2.45, 2.75) is 12.8 Å². The minimum absolute atomic E-state index is 0.208. The molecule has 0 aromatic heterocycles. The van der Waals surface area contributed by atoms with E-state index in [4.69, 9.17) is 9.84 Å². The van der Waals surface area contributed by atoms with Crippen LogP contribution >= 0.6 is 0 Å². The molecule has 0 saturated heterocycles. The Hall–Kier alpha value is -2.11. The number of ether oxygens (including phenoxy) is 1. The smallest absolute Gasteiger partial charge is 0.307 e. The highest BCUT2D eigenvalue weighted by Gasteiger charge is 2.41. The van der Waals surface area contributed by atoms with Gasteiger partial charge in [0.15, 0.2) is 0 Å². The van der Waals surface area contributed by atoms with Gasteiger partial charge in [0, 0.05) is 6.07 Å². The summed E-state index contributed by atoms with van der Waals surface area (Å²) in [5, 5.41) is 11.5. The van der Waals surface area contributed by atoms with Crippen LogP contribution in [-0.4, -0.2) is 30.1 Å². The summed E-state index contributed by atoms with van der Waals surface area (Å²) in [6.45, 7) is 0.470. The van der Waals surface area contributed by atoms with E-state index in [0.29, 0.717) is 18.6 Å². The highest BCUT2D eigenvalue weighted by molar-refractivity contribution is 5.86. The molecule has 6 heteroatoms. The van der Waals surface area contributed by atoms with E-state index in [2.05, 4.69) is 5.32 Å². The Bertz CT molecular complexity index is 506. The monoisotopic (exact) mass is 281 g/mol. The molecule has 20 heavy (non-hydrogen) atoms. The van der Waals surface area contributed by atoms with Gasteiger partial charge in [-0.15, -0.1) is 0 Å². The van der Waals surface area contributed by atoms with Gasteiger partial charge in [0.2, 0.25) is 5.91 Å². The van der Waals surface area contributed by atoms with Crippen molar-refractivity contribution >= 4 is 11.9 Å². The molecular weight excluding hydrogens is 265 g/mol. The number of benzene rings is 1. The quantitative estimate of drug-likeness (QED) is 0.773. The van der Waals surface area contributed by atoms with E-state index in [1.54, 1.807) is 6.07 Å². The van der Waals surface area contributed by atoms with E-state index in [9.17, 15) is 14.0 Å². The van der Waals surface area contributed by atoms with Crippen molar-refractivity contribution in [2.24, 2.45) is 11.8 Å². The molecule has 108 valence electrons. The van der Waals surface area contributed by atoms with Gasteiger partial charge in [-0.25, -0.2) is 4.39 Å². The lowest BCUT2D eigenvalue weighted by Crippen LogP contribution is -2.44. The van der Waals surface area contributed by atoms with Gasteiger partial charge in [-0.3, -0.25) is 9.59 Å². The van der Waals surface area contributed by atoms with Gasteiger partial charge in [0.05, 0.1) is 18.4 Å². The van der Waals surface area contributed by atoms with Crippen molar-refractivity contribution in [3.63, 3.8) is 0 Å². The summed E-state index contributed by atoms with van der Waals surface area (Å²) < 4.78 is 18.1. The van der Waals surface area contributed by atoms with Gasteiger partial charge in [0.1, 0.15) is 18.2 Å². The van der Waals surface area contributed by atoms with Gasteiger partial charge in [-0.1, -0.05) is 6.07 Å². The van der Waals surface area contributed by atoms with E-state index in [-0.39, 0.29) is 24.9 Å². The molecule has 1 fully saturated rings. The molecule has 0 aliphatic heterocycles. The molecule has 2 rings (SSSR count). The molecule has 0 spiro atoms. The van der Waals surface area contributed by atoms with E-state index < -0.39 is 17.8 Å². The Morgan fingerprint density at radius 3 is 2.70 bits per heavy atom. The predicted octanol–water partition coefficient (Wildman–Crippen LogP) is 1.43. The summed E-state index contributed by atoms with van der Waals surface area (Å²) in [7, 11) is 0. The van der Waals surface area contributed by atoms with Crippen LogP contribution in [0.5, 0.6) is 5.75 Å². The van der Waals surface area contributed by atoms with Gasteiger partial charge < -0.3 is 15.2 Å². The van der Waals surface area contributed by atoms with Crippen LogP contribution in [0.1, 0.15) is 12.8 Å². The zero-order valence-corrected chi connectivity index (χ0v) is 10.8. The molecule has 2 atom stereocenters. The lowest BCUT2D eigenvalue weighted by Gasteiger charge is -2.31. The first kappa shape index (κ1) is 14.3. The first-order valence-corrected chi connectivity index (χ1v) is 6.47. The molecule has 0 bridgehead atoms. The number of hydrogen-bond acceptors (Lipinski definition) is 3. The number of halogens is 1. The Balaban J connectivity index is 1.68. The van der Waals surface area contributed by atoms with E-state index >= 15 is 0 Å². The fourth-order valence-corrected chi connectivity index (χ4v) is 2.14. The van der Waals surface area contributed by atoms with Gasteiger partial charge in [-0.05, 0) is 25.0 Å². The number of hydrogen-bond donors (Lipinski definition) is 2. The number of carbonyl (C=O) groups is 2. The molecule has 1 aromatic carbocycles. The molecule has 1 aliphatic rings. The fraction of sp³-hybridized carbons (Fsp3) is 0.429. The second-order valence-corrected chi connectivity index (χ2v) is 4.73. The summed E-state index contributed by atoms with van der Waals surface area (Å²) >= 11 is 0. The first-order chi connectivity index (χ1) is 9.58. The zero-order valence-electron chi connectivity index (χ0n) is 10.8. The number of carbonyl (C=O) groups excluding carboxylic acids is 1. The normalized spacial score (nSPS) is 20.9. The van der Waals surface area contributed by atoms with E-state index in [1.165, 1.54) is 18.2 Å². The second-order valence-electron chi connectivity index (χ2n) is 4.73. The fourth-order valence-electron chi connectivity index (χ4n) is 2.14. The van der Waals surface area contributed by atoms with Crippen LogP contribution in [0.2, 0.25) is 0 Å². The lowest BCUT2D eigenvalue weighted by molar-refractivity contribution is -0.152. The molecule has 5 nitrogen and oxygen atoms in total. The minimum atomic E-state index is -0.924. The zero-order chi connectivity index (χ0) is 14.5. The van der Waals surface area contributed by atoms with Crippen LogP contribution in [-0.2, 0) is 9.59 Å². The van der Waals surface area contributed by atoms with Crippen LogP contribution in [0.25, 0.3) is 0 Å². The minimum Gasteiger partial charge on any atom is -0.492 e. The van der Waals surface area contributed by atoms with Crippen LogP contribution in [0, 0.1) is 17.7 Å². The highest BCUT2D eigenvalue weighted by atomic mass is 19.1. The molecular formula is C14H16FNO4. The van der Waals surface area contributed by atoms with Crippen LogP contribution < -0.4 is 10.1 Å². The number of rotatable bonds is 6. The standard InChI is InChI=1S/C14H16FNO4/c15-9-2-1-3-10(8-9)20-7-6-16-13(17)11-4-5-12(11)14(18)19/h1-3,8,11-12H,4-7H2,(H,16,17)(H,18,19). The number of carboxylic acids is 1. The Morgan fingerprint density at radius 2 is 2.10 bits per heavy atom. The molecule has 0 heterocycles. The summed E-state index contributed by atoms with van der Waals surface area (Å²) in [6, 6.07) is 5.73. The highest BCUT2D eigenvalue weighted by Crippen LogP contribution is 2.34. The molecule has 1 saturated carbocycles. The molecule has 1 amide bonds. The summed E-state index contributed by atoms with van der Waals surface area (Å²) in [6.07, 6.45) is 1.15. The molecule has 2 unspecified atom stereocenters. The van der Waals surface area contributed by atoms with E-state index in [1.807, 2.05) is 0 Å². The van der Waals surface area contributed by atoms with E-state index in [0.717, 1.165) is 0 Å². The average molecular weight is 281 g/mol. The summed E-state index contributed by atoms with van der Waals surface area (Å²) in [5.74, 6) is -2.18.